The summed E-state index contributed by atoms with van der Waals surface area (Å²) in [5.74, 6) is -0.0903. The summed E-state index contributed by atoms with van der Waals surface area (Å²) in [7, 11) is 3.90. The number of hydrogen-bond donors (Lipinski definition) is 2. The van der Waals surface area contributed by atoms with Crippen LogP contribution in [0.4, 0.5) is 10.1 Å². The number of aromatic amines is 1. The zero-order chi connectivity index (χ0) is 29.8. The van der Waals surface area contributed by atoms with Crippen molar-refractivity contribution < 1.29 is 13.9 Å². The molecule has 3 heterocycles. The summed E-state index contributed by atoms with van der Waals surface area (Å²) in [6, 6.07) is 13.4. The van der Waals surface area contributed by atoms with Crippen molar-refractivity contribution in [3.8, 4) is 5.75 Å². The highest BCUT2D eigenvalue weighted by Crippen LogP contribution is 2.32. The lowest BCUT2D eigenvalue weighted by Gasteiger charge is -2.32. The predicted octanol–water partition coefficient (Wildman–Crippen LogP) is 5.54. The smallest absolute Gasteiger partial charge is 0.260 e. The van der Waals surface area contributed by atoms with E-state index in [0.717, 1.165) is 44.1 Å². The minimum Gasteiger partial charge on any atom is -0.457 e. The number of aromatic nitrogens is 1. The lowest BCUT2D eigenvalue weighted by molar-refractivity contribution is -0.125. The number of allylic oxidation sites excluding steroid dienone is 2. The monoisotopic (exact) mass is 572 g/mol. The van der Waals surface area contributed by atoms with Gasteiger partial charge in [0.15, 0.2) is 11.6 Å². The molecule has 1 saturated heterocycles. The van der Waals surface area contributed by atoms with Gasteiger partial charge in [0.25, 0.3) is 5.91 Å². The van der Waals surface area contributed by atoms with Gasteiger partial charge in [-0.3, -0.25) is 9.69 Å². The van der Waals surface area contributed by atoms with Crippen LogP contribution in [0.1, 0.15) is 31.5 Å². The molecule has 3 aromatic rings. The second-order valence-corrected chi connectivity index (χ2v) is 11.4. The van der Waals surface area contributed by atoms with Crippen molar-refractivity contribution in [3.05, 3.63) is 83.1 Å². The number of H-pyrrole nitrogens is 1. The number of fused-ring (bicyclic) bond motifs is 1. The van der Waals surface area contributed by atoms with E-state index in [2.05, 4.69) is 44.3 Å². The number of anilines is 1. The molecular formula is C33H41FN6O2. The lowest BCUT2D eigenvalue weighted by atomic mass is 9.98. The van der Waals surface area contributed by atoms with E-state index in [1.807, 2.05) is 39.0 Å². The van der Waals surface area contributed by atoms with Crippen molar-refractivity contribution in [2.75, 3.05) is 52.1 Å². The summed E-state index contributed by atoms with van der Waals surface area (Å²) in [6.45, 7) is 11.4. The number of nitrogens with one attached hydrogen (secondary N) is 2. The number of hydrogen-bond acceptors (Lipinski definition) is 6. The van der Waals surface area contributed by atoms with E-state index in [4.69, 9.17) is 4.74 Å². The molecule has 222 valence electrons. The van der Waals surface area contributed by atoms with Crippen molar-refractivity contribution in [1.29, 1.82) is 0 Å². The first-order chi connectivity index (χ1) is 20.2. The van der Waals surface area contributed by atoms with Crippen LogP contribution in [-0.2, 0) is 11.3 Å². The number of benzene rings is 2. The number of amides is 1. The van der Waals surface area contributed by atoms with Crippen LogP contribution in [-0.4, -0.2) is 78.2 Å². The summed E-state index contributed by atoms with van der Waals surface area (Å²) in [4.78, 5) is 28.1. The number of likely N-dealkylation sites (N-methyl/N-ethyl adjacent to an activating group) is 2. The summed E-state index contributed by atoms with van der Waals surface area (Å²) in [6.07, 6.45) is 4.24. The number of aryl methyl sites for hydroxylation is 1. The molecule has 0 radical (unpaired) electrons. The van der Waals surface area contributed by atoms with Crippen LogP contribution in [0.25, 0.3) is 10.9 Å². The van der Waals surface area contributed by atoms with E-state index >= 15 is 4.39 Å². The Hall–Kier alpha value is -3.95. The Morgan fingerprint density at radius 1 is 1.17 bits per heavy atom. The first-order valence-corrected chi connectivity index (χ1v) is 14.7. The van der Waals surface area contributed by atoms with Crippen molar-refractivity contribution in [2.45, 2.75) is 33.7 Å². The van der Waals surface area contributed by atoms with Crippen molar-refractivity contribution >= 4 is 28.3 Å². The van der Waals surface area contributed by atoms with Gasteiger partial charge in [-0.25, -0.2) is 9.38 Å². The number of ether oxygens (including phenoxy) is 1. The lowest BCUT2D eigenvalue weighted by Crippen LogP contribution is -2.43. The van der Waals surface area contributed by atoms with Gasteiger partial charge in [0.1, 0.15) is 17.2 Å². The average molecular weight is 573 g/mol. The Balaban J connectivity index is 1.48. The highest BCUT2D eigenvalue weighted by molar-refractivity contribution is 6.25. The standard InChI is InChI=1S/C33H41FN6O2/c1-6-39(5)33(41)29-31(42-28-14-13-27-26(30(28)34)20-23(3)36-27)22(2)8-7-15-35-32(29)37-25-11-9-24(10-12-25)21-40-18-16-38(4)17-19-40/h7,9-15,20,22,36H,6,8,16-19,21H2,1-5H3,(H,35,37)/b15-7+,31-29?. The third kappa shape index (κ3) is 6.58. The fraction of sp³-hybridized carbons (Fsp3) is 0.394. The summed E-state index contributed by atoms with van der Waals surface area (Å²) in [5.41, 5.74) is 3.88. The van der Waals surface area contributed by atoms with Gasteiger partial charge in [0.2, 0.25) is 0 Å². The number of aliphatic imine (C=N–C) groups is 1. The molecule has 1 fully saturated rings. The molecule has 5 rings (SSSR count). The van der Waals surface area contributed by atoms with Gasteiger partial charge < -0.3 is 24.8 Å². The fourth-order valence-corrected chi connectivity index (χ4v) is 5.29. The van der Waals surface area contributed by atoms with Gasteiger partial charge in [-0.2, -0.15) is 0 Å². The molecule has 0 saturated carbocycles. The van der Waals surface area contributed by atoms with Crippen molar-refractivity contribution in [3.63, 3.8) is 0 Å². The van der Waals surface area contributed by atoms with Crippen molar-refractivity contribution in [1.82, 2.24) is 19.7 Å². The molecule has 1 amide bonds. The molecule has 42 heavy (non-hydrogen) atoms. The normalized spacial score (nSPS) is 19.3. The van der Waals surface area contributed by atoms with Gasteiger partial charge in [0, 0.05) is 80.7 Å². The van der Waals surface area contributed by atoms with E-state index in [0.29, 0.717) is 41.0 Å². The first kappa shape index (κ1) is 29.5. The van der Waals surface area contributed by atoms with Crippen LogP contribution < -0.4 is 10.1 Å². The zero-order valence-corrected chi connectivity index (χ0v) is 25.2. The zero-order valence-electron chi connectivity index (χ0n) is 25.2. The van der Waals surface area contributed by atoms with Gasteiger partial charge in [0.05, 0.1) is 0 Å². The fourth-order valence-electron chi connectivity index (χ4n) is 5.29. The van der Waals surface area contributed by atoms with Crippen LogP contribution in [0.15, 0.2) is 71.1 Å². The Morgan fingerprint density at radius 3 is 2.62 bits per heavy atom. The Morgan fingerprint density at radius 2 is 1.90 bits per heavy atom. The average Bonchev–Trinajstić information content (AvgIpc) is 3.37. The molecular weight excluding hydrogens is 531 g/mol. The molecule has 2 aromatic carbocycles. The minimum absolute atomic E-state index is 0.0740. The van der Waals surface area contributed by atoms with Crippen molar-refractivity contribution in [2.24, 2.45) is 10.9 Å². The molecule has 9 heteroatoms. The Labute approximate surface area is 247 Å². The molecule has 8 nitrogen and oxygen atoms in total. The second kappa shape index (κ2) is 12.9. The maximum atomic E-state index is 15.6. The van der Waals surface area contributed by atoms with Gasteiger partial charge in [-0.1, -0.05) is 25.1 Å². The summed E-state index contributed by atoms with van der Waals surface area (Å²) < 4.78 is 22.0. The van der Waals surface area contributed by atoms with E-state index in [1.54, 1.807) is 36.3 Å². The van der Waals surface area contributed by atoms with Gasteiger partial charge in [-0.15, -0.1) is 0 Å². The number of amidine groups is 1. The number of carbonyl (C=O) groups is 1. The van der Waals surface area contributed by atoms with E-state index in [9.17, 15) is 4.79 Å². The highest BCUT2D eigenvalue weighted by Gasteiger charge is 2.30. The summed E-state index contributed by atoms with van der Waals surface area (Å²) in [5, 5.41) is 3.82. The minimum atomic E-state index is -0.466. The number of piperazine rings is 1. The maximum Gasteiger partial charge on any atom is 0.260 e. The molecule has 2 aliphatic heterocycles. The van der Waals surface area contributed by atoms with E-state index in [1.165, 1.54) is 5.56 Å². The highest BCUT2D eigenvalue weighted by atomic mass is 19.1. The summed E-state index contributed by atoms with van der Waals surface area (Å²) >= 11 is 0. The topological polar surface area (TPSA) is 76.2 Å². The molecule has 1 aromatic heterocycles. The van der Waals surface area contributed by atoms with Gasteiger partial charge in [-0.05, 0) is 63.2 Å². The predicted molar refractivity (Wildman–Crippen MR) is 167 cm³/mol. The molecule has 0 spiro atoms. The first-order valence-electron chi connectivity index (χ1n) is 14.7. The number of rotatable bonds is 7. The Bertz CT molecular complexity index is 1520. The molecule has 2 aliphatic rings. The van der Waals surface area contributed by atoms with Crippen LogP contribution >= 0.6 is 0 Å². The third-order valence-corrected chi connectivity index (χ3v) is 8.04. The second-order valence-electron chi connectivity index (χ2n) is 11.4. The molecule has 2 N–H and O–H groups in total. The van der Waals surface area contributed by atoms with E-state index in [-0.39, 0.29) is 17.6 Å². The maximum absolute atomic E-state index is 15.6. The van der Waals surface area contributed by atoms with E-state index < -0.39 is 5.82 Å². The quantitative estimate of drug-likeness (QED) is 0.389. The molecule has 0 bridgehead atoms. The molecule has 1 atom stereocenters. The molecule has 0 aliphatic carbocycles. The number of halogens is 1. The Kier molecular flexibility index (Phi) is 9.09. The van der Waals surface area contributed by atoms with Crippen LogP contribution in [0.3, 0.4) is 0 Å². The largest absolute Gasteiger partial charge is 0.457 e. The third-order valence-electron chi connectivity index (χ3n) is 8.04. The number of nitrogens with zero attached hydrogens (tertiary/aromatic N) is 4. The SMILES string of the molecule is CCN(C)C(=O)C1=C(Oc2ccc3[nH]c(C)cc3c2F)C(C)C/C=C/N=C1Nc1ccc(CN2CCN(C)CC2)cc1. The van der Waals surface area contributed by atoms with Crippen LogP contribution in [0, 0.1) is 18.7 Å². The van der Waals surface area contributed by atoms with Crippen LogP contribution in [0.5, 0.6) is 5.75 Å². The van der Waals surface area contributed by atoms with Crippen LogP contribution in [0.2, 0.25) is 0 Å². The molecule has 1 unspecified atom stereocenters. The number of carbonyl (C=O) groups excluding carboxylic acids is 1. The van der Waals surface area contributed by atoms with Gasteiger partial charge >= 0.3 is 0 Å².